The van der Waals surface area contributed by atoms with E-state index in [1.807, 2.05) is 24.4 Å². The standard InChI is InChI=1S/C25H34N4O5S/c30-23-18-28(17-21-15-27-25(35-21)29-9-12-33-13-10-29)16-20-14-19(5-7-24(31)32)4-6-22(20)34-11-3-1-2-8-26-23/h4,6,14-15H,1-3,5,7-13,16-18H2,(H,26,30)(H,31,32). The minimum atomic E-state index is -0.815. The van der Waals surface area contributed by atoms with Crippen molar-refractivity contribution in [3.8, 4) is 5.75 Å². The zero-order valence-electron chi connectivity index (χ0n) is 20.0. The molecule has 2 aliphatic rings. The number of hydrogen-bond acceptors (Lipinski definition) is 8. The molecule has 10 heteroatoms. The van der Waals surface area contributed by atoms with Crippen molar-refractivity contribution in [2.75, 3.05) is 50.9 Å². The van der Waals surface area contributed by atoms with Gasteiger partial charge in [0.1, 0.15) is 5.75 Å². The average molecular weight is 503 g/mol. The number of benzene rings is 1. The highest BCUT2D eigenvalue weighted by atomic mass is 32.1. The summed E-state index contributed by atoms with van der Waals surface area (Å²) < 4.78 is 11.6. The minimum absolute atomic E-state index is 0.00617. The molecule has 2 aromatic rings. The van der Waals surface area contributed by atoms with E-state index in [-0.39, 0.29) is 18.9 Å². The second-order valence-electron chi connectivity index (χ2n) is 8.95. The Morgan fingerprint density at radius 3 is 2.83 bits per heavy atom. The number of aryl methyl sites for hydroxylation is 1. The van der Waals surface area contributed by atoms with Gasteiger partial charge in [0.05, 0.1) is 26.4 Å². The summed E-state index contributed by atoms with van der Waals surface area (Å²) in [5.41, 5.74) is 1.92. The lowest BCUT2D eigenvalue weighted by atomic mass is 10.0. The number of carbonyl (C=O) groups is 2. The van der Waals surface area contributed by atoms with Crippen molar-refractivity contribution < 1.29 is 24.2 Å². The third-order valence-electron chi connectivity index (χ3n) is 6.12. The predicted octanol–water partition coefficient (Wildman–Crippen LogP) is 2.68. The number of ether oxygens (including phenoxy) is 2. The fourth-order valence-electron chi connectivity index (χ4n) is 4.28. The van der Waals surface area contributed by atoms with E-state index in [2.05, 4.69) is 20.1 Å². The Hall–Kier alpha value is -2.69. The van der Waals surface area contributed by atoms with Crippen LogP contribution in [-0.2, 0) is 33.8 Å². The first-order chi connectivity index (χ1) is 17.1. The van der Waals surface area contributed by atoms with Crippen LogP contribution in [-0.4, -0.2) is 72.9 Å². The number of morpholine rings is 1. The van der Waals surface area contributed by atoms with Gasteiger partial charge in [-0.2, -0.15) is 0 Å². The molecule has 190 valence electrons. The van der Waals surface area contributed by atoms with Crippen LogP contribution in [0.4, 0.5) is 5.13 Å². The highest BCUT2D eigenvalue weighted by Crippen LogP contribution is 2.27. The molecule has 0 unspecified atom stereocenters. The van der Waals surface area contributed by atoms with Gasteiger partial charge in [0.2, 0.25) is 5.91 Å². The first kappa shape index (κ1) is 25.4. The maximum absolute atomic E-state index is 12.7. The van der Waals surface area contributed by atoms with E-state index in [1.165, 1.54) is 0 Å². The SMILES string of the molecule is O=C(O)CCc1ccc2c(c1)CN(Cc1cnc(N3CCOCC3)s1)CC(=O)NCCCCCO2. The van der Waals surface area contributed by atoms with Crippen molar-refractivity contribution in [2.45, 2.75) is 45.2 Å². The number of amides is 1. The second-order valence-corrected chi connectivity index (χ2v) is 10.0. The molecule has 1 amide bonds. The summed E-state index contributed by atoms with van der Waals surface area (Å²) >= 11 is 1.65. The number of rotatable bonds is 6. The van der Waals surface area contributed by atoms with E-state index in [1.54, 1.807) is 11.3 Å². The number of carbonyl (C=O) groups excluding carboxylic acids is 1. The molecule has 0 aliphatic carbocycles. The van der Waals surface area contributed by atoms with Crippen LogP contribution < -0.4 is 15.0 Å². The van der Waals surface area contributed by atoms with Crippen LogP contribution in [0.5, 0.6) is 5.75 Å². The zero-order chi connectivity index (χ0) is 24.5. The lowest BCUT2D eigenvalue weighted by Gasteiger charge is -2.26. The van der Waals surface area contributed by atoms with E-state index in [9.17, 15) is 9.59 Å². The summed E-state index contributed by atoms with van der Waals surface area (Å²) in [6.45, 7) is 5.76. The van der Waals surface area contributed by atoms with Crippen molar-refractivity contribution in [1.29, 1.82) is 0 Å². The van der Waals surface area contributed by atoms with E-state index in [0.29, 0.717) is 45.9 Å². The van der Waals surface area contributed by atoms with Gasteiger partial charge < -0.3 is 24.8 Å². The number of aliphatic carboxylic acids is 1. The molecule has 0 bridgehead atoms. The topological polar surface area (TPSA) is 104 Å². The molecule has 1 aromatic heterocycles. The molecule has 0 spiro atoms. The monoisotopic (exact) mass is 502 g/mol. The van der Waals surface area contributed by atoms with Crippen LogP contribution in [0.2, 0.25) is 0 Å². The smallest absolute Gasteiger partial charge is 0.303 e. The molecular formula is C25H34N4O5S. The van der Waals surface area contributed by atoms with Crippen LogP contribution in [0, 0.1) is 0 Å². The van der Waals surface area contributed by atoms with Gasteiger partial charge in [-0.05, 0) is 37.3 Å². The van der Waals surface area contributed by atoms with Crippen LogP contribution in [0.15, 0.2) is 24.4 Å². The molecule has 9 nitrogen and oxygen atoms in total. The number of carboxylic acids is 1. The van der Waals surface area contributed by atoms with Crippen molar-refractivity contribution in [1.82, 2.24) is 15.2 Å². The maximum Gasteiger partial charge on any atom is 0.303 e. The van der Waals surface area contributed by atoms with Gasteiger partial charge in [-0.25, -0.2) is 4.98 Å². The number of hydrogen-bond donors (Lipinski definition) is 2. The Bertz CT molecular complexity index is 992. The molecule has 1 fully saturated rings. The van der Waals surface area contributed by atoms with Crippen LogP contribution in [0.1, 0.15) is 41.7 Å². The molecule has 2 N–H and O–H groups in total. The van der Waals surface area contributed by atoms with E-state index >= 15 is 0 Å². The number of anilines is 1. The largest absolute Gasteiger partial charge is 0.493 e. The van der Waals surface area contributed by atoms with E-state index in [4.69, 9.17) is 14.6 Å². The number of aromatic nitrogens is 1. The average Bonchev–Trinajstić information content (AvgIpc) is 3.32. The van der Waals surface area contributed by atoms with Crippen molar-refractivity contribution in [2.24, 2.45) is 0 Å². The predicted molar refractivity (Wildman–Crippen MR) is 134 cm³/mol. The zero-order valence-corrected chi connectivity index (χ0v) is 20.9. The quantitative estimate of drug-likeness (QED) is 0.621. The molecule has 35 heavy (non-hydrogen) atoms. The maximum atomic E-state index is 12.7. The number of nitrogens with one attached hydrogen (secondary N) is 1. The third kappa shape index (κ3) is 7.91. The summed E-state index contributed by atoms with van der Waals surface area (Å²) in [5, 5.41) is 13.1. The van der Waals surface area contributed by atoms with Crippen molar-refractivity contribution in [3.05, 3.63) is 40.4 Å². The number of thiazole rings is 1. The van der Waals surface area contributed by atoms with Gasteiger partial charge in [-0.1, -0.05) is 12.1 Å². The van der Waals surface area contributed by atoms with E-state index < -0.39 is 5.97 Å². The molecule has 0 saturated carbocycles. The van der Waals surface area contributed by atoms with Gasteiger partial charge >= 0.3 is 5.97 Å². The molecule has 1 aromatic carbocycles. The Morgan fingerprint density at radius 2 is 2.00 bits per heavy atom. The number of nitrogens with zero attached hydrogens (tertiary/aromatic N) is 3. The number of fused-ring (bicyclic) bond motifs is 1. The Labute approximate surface area is 210 Å². The van der Waals surface area contributed by atoms with Gasteiger partial charge in [-0.15, -0.1) is 11.3 Å². The summed E-state index contributed by atoms with van der Waals surface area (Å²) in [5.74, 6) is -0.0106. The molecule has 1 saturated heterocycles. The van der Waals surface area contributed by atoms with Gasteiger partial charge in [0, 0.05) is 55.8 Å². The summed E-state index contributed by atoms with van der Waals surface area (Å²) in [7, 11) is 0. The summed E-state index contributed by atoms with van der Waals surface area (Å²) in [6.07, 6.45) is 5.27. The highest BCUT2D eigenvalue weighted by Gasteiger charge is 2.19. The van der Waals surface area contributed by atoms with Gasteiger partial charge in [0.25, 0.3) is 0 Å². The van der Waals surface area contributed by atoms with E-state index in [0.717, 1.165) is 59.2 Å². The molecule has 4 rings (SSSR count). The fourth-order valence-corrected chi connectivity index (χ4v) is 5.28. The minimum Gasteiger partial charge on any atom is -0.493 e. The molecule has 3 heterocycles. The van der Waals surface area contributed by atoms with Crippen LogP contribution in [0.25, 0.3) is 0 Å². The molecule has 0 radical (unpaired) electrons. The highest BCUT2D eigenvalue weighted by molar-refractivity contribution is 7.15. The first-order valence-corrected chi connectivity index (χ1v) is 13.1. The third-order valence-corrected chi connectivity index (χ3v) is 7.16. The first-order valence-electron chi connectivity index (χ1n) is 12.3. The molecular weight excluding hydrogens is 468 g/mol. The lowest BCUT2D eigenvalue weighted by molar-refractivity contribution is -0.137. The van der Waals surface area contributed by atoms with Crippen LogP contribution in [0.3, 0.4) is 0 Å². The molecule has 0 atom stereocenters. The Morgan fingerprint density at radius 1 is 1.14 bits per heavy atom. The summed E-state index contributed by atoms with van der Waals surface area (Å²) in [6, 6.07) is 5.90. The van der Waals surface area contributed by atoms with Crippen molar-refractivity contribution in [3.63, 3.8) is 0 Å². The lowest BCUT2D eigenvalue weighted by Crippen LogP contribution is -2.37. The Balaban J connectivity index is 1.54. The van der Waals surface area contributed by atoms with Crippen LogP contribution >= 0.6 is 11.3 Å². The van der Waals surface area contributed by atoms with Gasteiger partial charge in [-0.3, -0.25) is 14.5 Å². The van der Waals surface area contributed by atoms with Gasteiger partial charge in [0.15, 0.2) is 5.13 Å². The summed E-state index contributed by atoms with van der Waals surface area (Å²) in [4.78, 5) is 33.8. The fraction of sp³-hybridized carbons (Fsp3) is 0.560. The molecule has 2 aliphatic heterocycles. The Kier molecular flexibility index (Phi) is 9.33. The number of carboxylic acid groups (broad SMARTS) is 1. The second kappa shape index (κ2) is 12.9. The van der Waals surface area contributed by atoms with Crippen molar-refractivity contribution >= 4 is 28.3 Å². The normalized spacial score (nSPS) is 18.4.